The van der Waals surface area contributed by atoms with Gasteiger partial charge < -0.3 is 29.2 Å². The molecule has 314 valence electrons. The van der Waals surface area contributed by atoms with Crippen LogP contribution in [-0.2, 0) is 35.3 Å². The van der Waals surface area contributed by atoms with Crippen molar-refractivity contribution in [1.29, 1.82) is 0 Å². The highest BCUT2D eigenvalue weighted by Gasteiger charge is 2.38. The predicted molar refractivity (Wildman–Crippen MR) is 217 cm³/mol. The summed E-state index contributed by atoms with van der Waals surface area (Å²) >= 11 is 6.18. The lowest BCUT2D eigenvalue weighted by Gasteiger charge is -2.36. The first-order valence-electron chi connectivity index (χ1n) is 20.3. The lowest BCUT2D eigenvalue weighted by molar-refractivity contribution is -0.137. The molecule has 2 fully saturated rings. The summed E-state index contributed by atoms with van der Waals surface area (Å²) in [4.78, 5) is 59.2. The number of alkyl halides is 3. The average molecular weight is 847 g/mol. The number of rotatable bonds is 10. The minimum atomic E-state index is -4.66. The number of nitrogens with zero attached hydrogens (tertiary/aromatic N) is 8. The quantitative estimate of drug-likeness (QED) is 0.165. The van der Waals surface area contributed by atoms with Gasteiger partial charge in [0.05, 0.1) is 34.6 Å². The van der Waals surface area contributed by atoms with Gasteiger partial charge in [0.25, 0.3) is 11.5 Å². The van der Waals surface area contributed by atoms with E-state index >= 15 is 0 Å². The van der Waals surface area contributed by atoms with E-state index in [0.717, 1.165) is 47.0 Å². The molecule has 2 aromatic carbocycles. The second-order valence-corrected chi connectivity index (χ2v) is 15.4. The number of hydrogen-bond donors (Lipinski definition) is 1. The van der Waals surface area contributed by atoms with E-state index < -0.39 is 29.7 Å². The van der Waals surface area contributed by atoms with Gasteiger partial charge in [0.1, 0.15) is 25.1 Å². The van der Waals surface area contributed by atoms with Crippen LogP contribution in [0.1, 0.15) is 79.2 Å². The van der Waals surface area contributed by atoms with E-state index in [1.165, 1.54) is 10.9 Å². The molecular weight excluding hydrogens is 803 g/mol. The molecular formula is C42H43ClF3N9O5. The van der Waals surface area contributed by atoms with Crippen LogP contribution in [0.2, 0.25) is 5.02 Å². The number of ether oxygens (including phenoxy) is 2. The Bertz CT molecular complexity index is 2570. The molecule has 1 aliphatic carbocycles. The number of fused-ring (bicyclic) bond motifs is 1. The number of halogens is 4. The zero-order chi connectivity index (χ0) is 43.1. The Morgan fingerprint density at radius 1 is 1.08 bits per heavy atom. The first-order valence-corrected chi connectivity index (χ1v) is 20.1. The van der Waals surface area contributed by atoms with Crippen LogP contribution in [0.25, 0.3) is 11.4 Å². The number of aryl methyl sites for hydroxylation is 1. The molecule has 1 spiro atoms. The van der Waals surface area contributed by atoms with Crippen LogP contribution in [0.3, 0.4) is 0 Å². The fourth-order valence-corrected chi connectivity index (χ4v) is 8.28. The summed E-state index contributed by atoms with van der Waals surface area (Å²) in [5.41, 5.74) is 0.943. The van der Waals surface area contributed by atoms with E-state index in [2.05, 4.69) is 20.4 Å². The molecule has 18 heteroatoms. The average Bonchev–Trinajstić information content (AvgIpc) is 3.92. The first-order chi connectivity index (χ1) is 29.3. The number of nitrogens with one attached hydrogen (secondary N) is 1. The van der Waals surface area contributed by atoms with Crippen molar-refractivity contribution in [1.82, 2.24) is 34.0 Å². The molecule has 5 aromatic rings. The number of aromatic nitrogens is 6. The molecule has 3 aromatic heterocycles. The normalized spacial score (nSPS) is 19.0. The van der Waals surface area contributed by atoms with Gasteiger partial charge in [0.2, 0.25) is 11.7 Å². The molecule has 60 heavy (non-hydrogen) atoms. The van der Waals surface area contributed by atoms with Crippen LogP contribution in [0.15, 0.2) is 65.7 Å². The van der Waals surface area contributed by atoms with Gasteiger partial charge in [0, 0.05) is 32.8 Å². The monoisotopic (exact) mass is 846 g/mol. The fourth-order valence-electron chi connectivity index (χ4n) is 8.05. The summed E-state index contributed by atoms with van der Waals surface area (Å²) in [6.45, 7) is 3.43. The number of piperazine rings is 1. The molecule has 5 heterocycles. The van der Waals surface area contributed by atoms with Crippen LogP contribution >= 0.6 is 11.6 Å². The highest BCUT2D eigenvalue weighted by atomic mass is 35.5. The molecule has 2 saturated heterocycles. The van der Waals surface area contributed by atoms with Gasteiger partial charge in [0.15, 0.2) is 17.3 Å². The molecule has 0 bridgehead atoms. The minimum absolute atomic E-state index is 0.0523. The maximum atomic E-state index is 14.6. The van der Waals surface area contributed by atoms with E-state index in [-0.39, 0.29) is 90.2 Å². The van der Waals surface area contributed by atoms with Gasteiger partial charge in [-0.05, 0) is 74.8 Å². The van der Waals surface area contributed by atoms with Gasteiger partial charge in [-0.15, -0.1) is 5.10 Å². The lowest BCUT2D eigenvalue weighted by Crippen LogP contribution is -2.51. The van der Waals surface area contributed by atoms with E-state index in [0.29, 0.717) is 36.9 Å². The van der Waals surface area contributed by atoms with E-state index in [1.807, 2.05) is 36.4 Å². The Labute approximate surface area is 349 Å². The Kier molecular flexibility index (Phi) is 11.0. The molecule has 1 N–H and O–H groups in total. The van der Waals surface area contributed by atoms with Gasteiger partial charge in [-0.3, -0.25) is 14.4 Å². The largest absolute Gasteiger partial charge is 0.485 e. The Hall–Kier alpha value is -5.81. The first kappa shape index (κ1) is 39.6. The number of allylic oxidation sites excluding steroid dienone is 1. The van der Waals surface area contributed by atoms with E-state index in [9.17, 15) is 28.9 Å². The summed E-state index contributed by atoms with van der Waals surface area (Å²) < 4.78 is 64.0. The maximum Gasteiger partial charge on any atom is 0.416 e. The van der Waals surface area contributed by atoms with E-state index in [1.54, 1.807) is 23.6 Å². The third-order valence-corrected chi connectivity index (χ3v) is 11.5. The standard InChI is InChI=1S/C42H43ClF3N9O5/c1-3-32-35(52-17-19-53(20-18-52)38(57)34-36(26(2)47-25-48-34)59-24-27-8-5-4-6-9-27)39(58)55-40(50-37(51-55)28-12-15-41(16-13-28)14-7-21-60-41)54(32)23-33(56)49-31-11-10-29(22-30(31)43)42(44,45)46/h4-6,8-12,22,25H,3,7,13-21,23-24H2,1-2H3,(H,49,56)/i23D. The summed E-state index contributed by atoms with van der Waals surface area (Å²) in [6, 6.07) is 12.0. The van der Waals surface area contributed by atoms with Crippen LogP contribution in [-0.4, -0.2) is 84.2 Å². The summed E-state index contributed by atoms with van der Waals surface area (Å²) in [6.07, 6.45) is 2.78. The van der Waals surface area contributed by atoms with Gasteiger partial charge in [-0.1, -0.05) is 54.9 Å². The van der Waals surface area contributed by atoms with E-state index in [4.69, 9.17) is 26.1 Å². The zero-order valence-electron chi connectivity index (χ0n) is 34.0. The number of benzene rings is 2. The Balaban J connectivity index is 1.11. The molecule has 14 nitrogen and oxygen atoms in total. The highest BCUT2D eigenvalue weighted by molar-refractivity contribution is 6.33. The van der Waals surface area contributed by atoms with Crippen LogP contribution in [0.4, 0.5) is 24.5 Å². The zero-order valence-corrected chi connectivity index (χ0v) is 33.7. The lowest BCUT2D eigenvalue weighted by atomic mass is 9.83. The molecule has 2 amide bonds. The SMILES string of the molecule is [2H]C(C(=O)Nc1ccc(C(F)(F)F)cc1Cl)n1c(CC)c(N2CCN(C(=O)c3ncnc(C)c3OCc3ccccc3)CC2)c(=O)n2nc(C3=CCC4(CCCO4)CC3)nc12. The summed E-state index contributed by atoms with van der Waals surface area (Å²) in [7, 11) is 0. The molecule has 2 atom stereocenters. The summed E-state index contributed by atoms with van der Waals surface area (Å²) in [5.74, 6) is -0.803. The molecule has 0 radical (unpaired) electrons. The number of carbonyl (C=O) groups excluding carboxylic acids is 2. The van der Waals surface area contributed by atoms with Crippen LogP contribution in [0.5, 0.6) is 5.75 Å². The van der Waals surface area contributed by atoms with Crippen molar-refractivity contribution in [3.8, 4) is 5.75 Å². The number of amides is 2. The van der Waals surface area contributed by atoms with Crippen molar-refractivity contribution in [3.05, 3.63) is 110 Å². The third-order valence-electron chi connectivity index (χ3n) is 11.2. The van der Waals surface area contributed by atoms with Crippen molar-refractivity contribution < 1.29 is 33.6 Å². The predicted octanol–water partition coefficient (Wildman–Crippen LogP) is 6.52. The third kappa shape index (κ3) is 8.19. The van der Waals surface area contributed by atoms with Crippen molar-refractivity contribution in [3.63, 3.8) is 0 Å². The smallest absolute Gasteiger partial charge is 0.416 e. The fraction of sp³-hybridized carbons (Fsp3) is 0.405. The summed E-state index contributed by atoms with van der Waals surface area (Å²) in [5, 5.41) is 6.78. The Morgan fingerprint density at radius 2 is 1.87 bits per heavy atom. The molecule has 0 saturated carbocycles. The Morgan fingerprint density at radius 3 is 2.53 bits per heavy atom. The van der Waals surface area contributed by atoms with Crippen molar-refractivity contribution in [2.75, 3.05) is 43.0 Å². The number of hydrogen-bond acceptors (Lipinski definition) is 10. The number of carbonyl (C=O) groups is 2. The van der Waals surface area contributed by atoms with Gasteiger partial charge >= 0.3 is 6.18 Å². The second kappa shape index (κ2) is 16.7. The van der Waals surface area contributed by atoms with Crippen molar-refractivity contribution in [2.24, 2.45) is 0 Å². The minimum Gasteiger partial charge on any atom is -0.485 e. The molecule has 2 aliphatic heterocycles. The maximum absolute atomic E-state index is 14.6. The van der Waals surface area contributed by atoms with Gasteiger partial charge in [-0.2, -0.15) is 22.7 Å². The highest BCUT2D eigenvalue weighted by Crippen LogP contribution is 2.41. The van der Waals surface area contributed by atoms with Crippen molar-refractivity contribution in [2.45, 2.75) is 77.3 Å². The number of anilines is 2. The van der Waals surface area contributed by atoms with Crippen molar-refractivity contribution >= 4 is 46.1 Å². The second-order valence-electron chi connectivity index (χ2n) is 15.0. The molecule has 3 aliphatic rings. The topological polar surface area (TPSA) is 149 Å². The van der Waals surface area contributed by atoms with Crippen LogP contribution < -0.4 is 20.5 Å². The van der Waals surface area contributed by atoms with Crippen LogP contribution in [0, 0.1) is 6.92 Å². The molecule has 2 unspecified atom stereocenters. The van der Waals surface area contributed by atoms with Gasteiger partial charge in [-0.25, -0.2) is 9.97 Å². The molecule has 8 rings (SSSR count).